The van der Waals surface area contributed by atoms with Gasteiger partial charge in [0.15, 0.2) is 5.65 Å². The van der Waals surface area contributed by atoms with Gasteiger partial charge in [-0.3, -0.25) is 0 Å². The van der Waals surface area contributed by atoms with Crippen LogP contribution in [0, 0.1) is 0 Å². The number of para-hydroxylation sites is 1. The van der Waals surface area contributed by atoms with Crippen LogP contribution in [0.1, 0.15) is 13.3 Å². The molecule has 0 spiro atoms. The molecule has 0 aliphatic heterocycles. The van der Waals surface area contributed by atoms with Crippen molar-refractivity contribution in [3.05, 3.63) is 73.2 Å². The quantitative estimate of drug-likeness (QED) is 0.540. The number of anilines is 1. The molecule has 136 valence electrons. The van der Waals surface area contributed by atoms with Gasteiger partial charge < -0.3 is 15.0 Å². The first kappa shape index (κ1) is 17.2. The Bertz CT molecular complexity index is 1020. The fourth-order valence-corrected chi connectivity index (χ4v) is 3.26. The van der Waals surface area contributed by atoms with Crippen molar-refractivity contribution >= 4 is 16.9 Å². The molecule has 0 aliphatic carbocycles. The number of hydrogen-bond donors (Lipinski definition) is 2. The van der Waals surface area contributed by atoms with E-state index in [1.807, 2.05) is 43.3 Å². The smallest absolute Gasteiger partial charge is 0.150 e. The van der Waals surface area contributed by atoms with Crippen molar-refractivity contribution in [2.75, 3.05) is 11.9 Å². The molecular weight excluding hydrogens is 336 g/mol. The Morgan fingerprint density at radius 2 is 1.70 bits per heavy atom. The van der Waals surface area contributed by atoms with E-state index in [0.717, 1.165) is 40.1 Å². The highest BCUT2D eigenvalue weighted by Gasteiger charge is 2.18. The maximum absolute atomic E-state index is 9.62. The number of aromatic nitrogens is 3. The first-order chi connectivity index (χ1) is 13.3. The molecule has 4 aromatic rings. The summed E-state index contributed by atoms with van der Waals surface area (Å²) in [5, 5.41) is 14.0. The van der Waals surface area contributed by atoms with Crippen LogP contribution in [-0.2, 0) is 0 Å². The highest BCUT2D eigenvalue weighted by Crippen LogP contribution is 2.35. The van der Waals surface area contributed by atoms with Crippen molar-refractivity contribution in [2.24, 2.45) is 0 Å². The van der Waals surface area contributed by atoms with Crippen LogP contribution in [0.3, 0.4) is 0 Å². The van der Waals surface area contributed by atoms with E-state index in [4.69, 9.17) is 0 Å². The Morgan fingerprint density at radius 3 is 2.37 bits per heavy atom. The average molecular weight is 358 g/mol. The maximum atomic E-state index is 9.62. The molecule has 2 aromatic heterocycles. The zero-order chi connectivity index (χ0) is 18.6. The van der Waals surface area contributed by atoms with Gasteiger partial charge in [0, 0.05) is 17.4 Å². The fraction of sp³-hybridized carbons (Fsp3) is 0.182. The van der Waals surface area contributed by atoms with Crippen LogP contribution in [0.2, 0.25) is 0 Å². The number of nitrogens with one attached hydrogen (secondary N) is 1. The molecule has 1 atom stereocenters. The Kier molecular flexibility index (Phi) is 4.85. The maximum Gasteiger partial charge on any atom is 0.150 e. The summed E-state index contributed by atoms with van der Waals surface area (Å²) < 4.78 is 2.09. The molecule has 0 saturated heterocycles. The third kappa shape index (κ3) is 3.29. The van der Waals surface area contributed by atoms with Crippen molar-refractivity contribution in [1.29, 1.82) is 0 Å². The molecule has 2 heterocycles. The molecule has 5 nitrogen and oxygen atoms in total. The van der Waals surface area contributed by atoms with Gasteiger partial charge in [0.2, 0.25) is 0 Å². The van der Waals surface area contributed by atoms with E-state index in [0.29, 0.717) is 0 Å². The minimum absolute atomic E-state index is 0.0493. The van der Waals surface area contributed by atoms with Gasteiger partial charge in [0.25, 0.3) is 0 Å². The van der Waals surface area contributed by atoms with E-state index >= 15 is 0 Å². The molecule has 0 radical (unpaired) electrons. The number of rotatable bonds is 6. The van der Waals surface area contributed by atoms with Crippen LogP contribution in [0.25, 0.3) is 27.8 Å². The average Bonchev–Trinajstić information content (AvgIpc) is 3.14. The fourth-order valence-electron chi connectivity index (χ4n) is 3.26. The first-order valence-electron chi connectivity index (χ1n) is 9.16. The molecule has 2 aromatic carbocycles. The summed E-state index contributed by atoms with van der Waals surface area (Å²) in [6, 6.07) is 20.3. The van der Waals surface area contributed by atoms with Gasteiger partial charge in [-0.2, -0.15) is 0 Å². The van der Waals surface area contributed by atoms with Gasteiger partial charge in [-0.05, 0) is 24.1 Å². The van der Waals surface area contributed by atoms with Crippen molar-refractivity contribution in [2.45, 2.75) is 19.4 Å². The molecule has 0 aliphatic rings. The monoisotopic (exact) mass is 358 g/mol. The predicted octanol–water partition coefficient (Wildman–Crippen LogP) is 4.27. The summed E-state index contributed by atoms with van der Waals surface area (Å²) in [7, 11) is 0. The van der Waals surface area contributed by atoms with E-state index in [9.17, 15) is 5.11 Å². The van der Waals surface area contributed by atoms with Gasteiger partial charge in [0.05, 0.1) is 18.0 Å². The second kappa shape index (κ2) is 7.60. The van der Waals surface area contributed by atoms with E-state index in [1.165, 1.54) is 0 Å². The normalized spacial score (nSPS) is 12.2. The topological polar surface area (TPSA) is 63.0 Å². The number of hydrogen-bond acceptors (Lipinski definition) is 4. The lowest BCUT2D eigenvalue weighted by Gasteiger charge is -2.16. The number of benzene rings is 2. The van der Waals surface area contributed by atoms with Gasteiger partial charge in [-0.15, -0.1) is 0 Å². The number of nitrogens with zero attached hydrogens (tertiary/aromatic N) is 3. The molecule has 27 heavy (non-hydrogen) atoms. The van der Waals surface area contributed by atoms with Gasteiger partial charge in [0.1, 0.15) is 12.1 Å². The zero-order valence-electron chi connectivity index (χ0n) is 15.2. The van der Waals surface area contributed by atoms with E-state index in [-0.39, 0.29) is 12.6 Å². The summed E-state index contributed by atoms with van der Waals surface area (Å²) >= 11 is 0. The van der Waals surface area contributed by atoms with E-state index < -0.39 is 0 Å². The zero-order valence-corrected chi connectivity index (χ0v) is 15.2. The minimum atomic E-state index is -0.0493. The van der Waals surface area contributed by atoms with E-state index in [2.05, 4.69) is 50.3 Å². The Morgan fingerprint density at radius 1 is 1.00 bits per heavy atom. The van der Waals surface area contributed by atoms with Crippen LogP contribution in [0.15, 0.2) is 73.2 Å². The van der Waals surface area contributed by atoms with Gasteiger partial charge >= 0.3 is 0 Å². The molecule has 0 amide bonds. The lowest BCUT2D eigenvalue weighted by atomic mass is 10.1. The summed E-state index contributed by atoms with van der Waals surface area (Å²) in [6.07, 6.45) is 4.49. The van der Waals surface area contributed by atoms with Gasteiger partial charge in [-0.1, -0.05) is 55.5 Å². The molecule has 0 saturated carbocycles. The number of aliphatic hydroxyl groups is 1. The first-order valence-corrected chi connectivity index (χ1v) is 9.16. The summed E-state index contributed by atoms with van der Waals surface area (Å²) in [6.45, 7) is 2.10. The minimum Gasteiger partial charge on any atom is -0.394 e. The molecular formula is C22H22N4O. The number of aliphatic hydroxyl groups excluding tert-OH is 1. The lowest BCUT2D eigenvalue weighted by molar-refractivity contribution is 0.271. The predicted molar refractivity (Wildman–Crippen MR) is 109 cm³/mol. The summed E-state index contributed by atoms with van der Waals surface area (Å²) in [5.74, 6) is 0.745. The van der Waals surface area contributed by atoms with Crippen molar-refractivity contribution < 1.29 is 5.11 Å². The largest absolute Gasteiger partial charge is 0.394 e. The third-order valence-electron chi connectivity index (χ3n) is 4.76. The summed E-state index contributed by atoms with van der Waals surface area (Å²) in [5.41, 5.74) is 4.05. The Balaban J connectivity index is 1.97. The molecule has 0 bridgehead atoms. The van der Waals surface area contributed by atoms with Gasteiger partial charge in [-0.25, -0.2) is 9.97 Å². The van der Waals surface area contributed by atoms with Crippen LogP contribution in [-0.4, -0.2) is 32.3 Å². The lowest BCUT2D eigenvalue weighted by Crippen LogP contribution is -2.23. The van der Waals surface area contributed by atoms with E-state index in [1.54, 1.807) is 6.33 Å². The van der Waals surface area contributed by atoms with Crippen LogP contribution < -0.4 is 5.32 Å². The van der Waals surface area contributed by atoms with Crippen LogP contribution in [0.4, 0.5) is 5.82 Å². The van der Waals surface area contributed by atoms with Crippen molar-refractivity contribution in [1.82, 2.24) is 14.5 Å². The Hall–Kier alpha value is -3.18. The van der Waals surface area contributed by atoms with Crippen LogP contribution >= 0.6 is 0 Å². The van der Waals surface area contributed by atoms with Crippen LogP contribution in [0.5, 0.6) is 0 Å². The Labute approximate surface area is 158 Å². The molecule has 5 heteroatoms. The number of fused-ring (bicyclic) bond motifs is 1. The molecule has 1 unspecified atom stereocenters. The van der Waals surface area contributed by atoms with Crippen molar-refractivity contribution in [3.63, 3.8) is 0 Å². The molecule has 4 rings (SSSR count). The second-order valence-electron chi connectivity index (χ2n) is 6.47. The highest BCUT2D eigenvalue weighted by molar-refractivity contribution is 6.02. The molecule has 0 fully saturated rings. The third-order valence-corrected chi connectivity index (χ3v) is 4.76. The second-order valence-corrected chi connectivity index (χ2v) is 6.47. The van der Waals surface area contributed by atoms with Crippen molar-refractivity contribution in [3.8, 4) is 16.8 Å². The standard InChI is InChI=1S/C22H22N4O/c1-2-17(14-27)25-21-20-19(16-9-5-3-6-10-16)13-26(22(20)24-15-23-21)18-11-7-4-8-12-18/h3-13,15,17,27H,2,14H2,1H3,(H,23,24,25). The molecule has 2 N–H and O–H groups in total. The summed E-state index contributed by atoms with van der Waals surface area (Å²) in [4.78, 5) is 9.06. The SMILES string of the molecule is CCC(CO)Nc1ncnc2c1c(-c1ccccc1)cn2-c1ccccc1. The highest BCUT2D eigenvalue weighted by atomic mass is 16.3.